The van der Waals surface area contributed by atoms with Gasteiger partial charge in [-0.1, -0.05) is 48.5 Å². The second-order valence-corrected chi connectivity index (χ2v) is 7.35. The first-order chi connectivity index (χ1) is 12.9. The third kappa shape index (κ3) is 4.44. The van der Waals surface area contributed by atoms with Gasteiger partial charge in [-0.25, -0.2) is 0 Å². The van der Waals surface area contributed by atoms with E-state index in [9.17, 15) is 0 Å². The van der Waals surface area contributed by atoms with Crippen molar-refractivity contribution >= 4 is 0 Å². The zero-order valence-electron chi connectivity index (χ0n) is 15.4. The van der Waals surface area contributed by atoms with Gasteiger partial charge in [-0.3, -0.25) is 9.80 Å². The number of likely N-dealkylation sites (tertiary alicyclic amines) is 1. The summed E-state index contributed by atoms with van der Waals surface area (Å²) >= 11 is 0. The van der Waals surface area contributed by atoms with Crippen LogP contribution in [0, 0.1) is 0 Å². The lowest BCUT2D eigenvalue weighted by molar-refractivity contribution is 0.170. The van der Waals surface area contributed by atoms with E-state index in [0.717, 1.165) is 31.4 Å². The summed E-state index contributed by atoms with van der Waals surface area (Å²) in [6, 6.07) is 19.6. The molecule has 2 aliphatic rings. The van der Waals surface area contributed by atoms with Crippen LogP contribution in [0.1, 0.15) is 17.5 Å². The third-order valence-electron chi connectivity index (χ3n) is 5.52. The van der Waals surface area contributed by atoms with Gasteiger partial charge in [0.15, 0.2) is 0 Å². The van der Waals surface area contributed by atoms with Crippen molar-refractivity contribution in [3.8, 4) is 5.75 Å². The molecule has 2 saturated heterocycles. The van der Waals surface area contributed by atoms with Gasteiger partial charge in [0, 0.05) is 57.4 Å². The lowest BCUT2D eigenvalue weighted by Gasteiger charge is -2.32. The van der Waals surface area contributed by atoms with Crippen molar-refractivity contribution in [2.24, 2.45) is 0 Å². The summed E-state index contributed by atoms with van der Waals surface area (Å²) in [6.45, 7) is 8.60. The van der Waals surface area contributed by atoms with Gasteiger partial charge in [0.05, 0.1) is 0 Å². The molecular weight excluding hydrogens is 322 g/mol. The minimum Gasteiger partial charge on any atom is -0.489 e. The first-order valence-electron chi connectivity index (χ1n) is 9.80. The zero-order valence-corrected chi connectivity index (χ0v) is 15.4. The van der Waals surface area contributed by atoms with E-state index >= 15 is 0 Å². The molecule has 2 fully saturated rings. The van der Waals surface area contributed by atoms with Crippen LogP contribution >= 0.6 is 0 Å². The molecule has 0 amide bonds. The van der Waals surface area contributed by atoms with E-state index in [1.165, 1.54) is 43.7 Å². The molecule has 4 rings (SSSR count). The number of hydrogen-bond donors (Lipinski definition) is 1. The Morgan fingerprint density at radius 1 is 0.923 bits per heavy atom. The highest BCUT2D eigenvalue weighted by atomic mass is 16.5. The van der Waals surface area contributed by atoms with Crippen LogP contribution in [0.3, 0.4) is 0 Å². The second-order valence-electron chi connectivity index (χ2n) is 7.35. The quantitative estimate of drug-likeness (QED) is 0.866. The Balaban J connectivity index is 1.35. The standard InChI is InChI=1S/C22H29N3O/c1-2-6-19(7-3-1)18-26-22-9-5-4-8-20(22)16-24-13-10-21(17-24)25-14-11-23-12-15-25/h1-9,21,23H,10-18H2. The minimum atomic E-state index is 0.626. The topological polar surface area (TPSA) is 27.7 Å². The van der Waals surface area contributed by atoms with Crippen LogP contribution in [0.15, 0.2) is 54.6 Å². The highest BCUT2D eigenvalue weighted by Gasteiger charge is 2.28. The van der Waals surface area contributed by atoms with Crippen LogP contribution in [-0.2, 0) is 13.2 Å². The Morgan fingerprint density at radius 2 is 1.69 bits per heavy atom. The van der Waals surface area contributed by atoms with Crippen LogP contribution < -0.4 is 10.1 Å². The molecule has 138 valence electrons. The van der Waals surface area contributed by atoms with Crippen LogP contribution in [-0.4, -0.2) is 55.1 Å². The number of hydrogen-bond acceptors (Lipinski definition) is 4. The molecule has 26 heavy (non-hydrogen) atoms. The van der Waals surface area contributed by atoms with Crippen molar-refractivity contribution in [3.63, 3.8) is 0 Å². The largest absolute Gasteiger partial charge is 0.489 e. The summed E-state index contributed by atoms with van der Waals surface area (Å²) < 4.78 is 6.13. The fourth-order valence-electron chi connectivity index (χ4n) is 4.05. The fraction of sp³-hybridized carbons (Fsp3) is 0.455. The van der Waals surface area contributed by atoms with Gasteiger partial charge in [-0.15, -0.1) is 0 Å². The van der Waals surface area contributed by atoms with Gasteiger partial charge in [0.1, 0.15) is 12.4 Å². The van der Waals surface area contributed by atoms with E-state index in [4.69, 9.17) is 4.74 Å². The Morgan fingerprint density at radius 3 is 2.54 bits per heavy atom. The predicted molar refractivity (Wildman–Crippen MR) is 105 cm³/mol. The Kier molecular flexibility index (Phi) is 5.85. The number of rotatable bonds is 6. The van der Waals surface area contributed by atoms with Crippen molar-refractivity contribution in [3.05, 3.63) is 65.7 Å². The number of nitrogens with zero attached hydrogens (tertiary/aromatic N) is 2. The number of ether oxygens (including phenoxy) is 1. The van der Waals surface area contributed by atoms with Crippen LogP contribution in [0.25, 0.3) is 0 Å². The summed E-state index contributed by atoms with van der Waals surface area (Å²) in [5.74, 6) is 1.02. The van der Waals surface area contributed by atoms with E-state index in [0.29, 0.717) is 6.61 Å². The average molecular weight is 351 g/mol. The number of para-hydroxylation sites is 1. The smallest absolute Gasteiger partial charge is 0.124 e. The number of benzene rings is 2. The molecule has 1 atom stereocenters. The molecule has 0 aromatic heterocycles. The van der Waals surface area contributed by atoms with Crippen LogP contribution in [0.2, 0.25) is 0 Å². The van der Waals surface area contributed by atoms with Gasteiger partial charge in [0.25, 0.3) is 0 Å². The minimum absolute atomic E-state index is 0.626. The van der Waals surface area contributed by atoms with Crippen LogP contribution in [0.4, 0.5) is 0 Å². The first-order valence-corrected chi connectivity index (χ1v) is 9.80. The summed E-state index contributed by atoms with van der Waals surface area (Å²) in [5.41, 5.74) is 2.51. The van der Waals surface area contributed by atoms with E-state index in [1.54, 1.807) is 0 Å². The summed E-state index contributed by atoms with van der Waals surface area (Å²) in [4.78, 5) is 5.24. The van der Waals surface area contributed by atoms with Crippen LogP contribution in [0.5, 0.6) is 5.75 Å². The molecule has 4 heteroatoms. The van der Waals surface area contributed by atoms with Crippen molar-refractivity contribution in [1.29, 1.82) is 0 Å². The molecule has 0 radical (unpaired) electrons. The zero-order chi connectivity index (χ0) is 17.6. The molecule has 0 saturated carbocycles. The van der Waals surface area contributed by atoms with E-state index in [-0.39, 0.29) is 0 Å². The average Bonchev–Trinajstić information content (AvgIpc) is 3.17. The number of piperazine rings is 1. The van der Waals surface area contributed by atoms with Gasteiger partial charge in [-0.05, 0) is 18.1 Å². The lowest BCUT2D eigenvalue weighted by Crippen LogP contribution is -2.49. The molecule has 2 aromatic rings. The molecule has 1 N–H and O–H groups in total. The third-order valence-corrected chi connectivity index (χ3v) is 5.52. The monoisotopic (exact) mass is 351 g/mol. The highest BCUT2D eigenvalue weighted by Crippen LogP contribution is 2.24. The normalized spacial score (nSPS) is 21.8. The van der Waals surface area contributed by atoms with E-state index < -0.39 is 0 Å². The molecule has 0 spiro atoms. The molecule has 2 aliphatic heterocycles. The van der Waals surface area contributed by atoms with E-state index in [2.05, 4.69) is 63.6 Å². The second kappa shape index (κ2) is 8.67. The molecular formula is C22H29N3O. The Hall–Kier alpha value is -1.88. The van der Waals surface area contributed by atoms with Gasteiger partial charge >= 0.3 is 0 Å². The summed E-state index contributed by atoms with van der Waals surface area (Å²) in [5, 5.41) is 3.45. The molecule has 0 bridgehead atoms. The maximum absolute atomic E-state index is 6.13. The van der Waals surface area contributed by atoms with Crippen molar-refractivity contribution in [2.45, 2.75) is 25.6 Å². The maximum atomic E-state index is 6.13. The van der Waals surface area contributed by atoms with E-state index in [1.807, 2.05) is 6.07 Å². The summed E-state index contributed by atoms with van der Waals surface area (Å²) in [7, 11) is 0. The molecule has 2 heterocycles. The molecule has 1 unspecified atom stereocenters. The molecule has 0 aliphatic carbocycles. The summed E-state index contributed by atoms with van der Waals surface area (Å²) in [6.07, 6.45) is 1.28. The van der Waals surface area contributed by atoms with Gasteiger partial charge in [-0.2, -0.15) is 0 Å². The van der Waals surface area contributed by atoms with Crippen molar-refractivity contribution in [1.82, 2.24) is 15.1 Å². The lowest BCUT2D eigenvalue weighted by atomic mass is 10.2. The SMILES string of the molecule is c1ccc(COc2ccccc2CN2CCC(N3CCNCC3)C2)cc1. The Bertz CT molecular complexity index is 685. The maximum Gasteiger partial charge on any atom is 0.124 e. The van der Waals surface area contributed by atoms with Gasteiger partial charge in [0.2, 0.25) is 0 Å². The first kappa shape index (κ1) is 17.5. The highest BCUT2D eigenvalue weighted by molar-refractivity contribution is 5.33. The number of nitrogens with one attached hydrogen (secondary N) is 1. The van der Waals surface area contributed by atoms with Gasteiger partial charge < -0.3 is 10.1 Å². The molecule has 2 aromatic carbocycles. The fourth-order valence-corrected chi connectivity index (χ4v) is 4.05. The molecule has 4 nitrogen and oxygen atoms in total. The Labute approximate surface area is 156 Å². The van der Waals surface area contributed by atoms with Crippen molar-refractivity contribution in [2.75, 3.05) is 39.3 Å². The van der Waals surface area contributed by atoms with Crippen molar-refractivity contribution < 1.29 is 4.74 Å². The predicted octanol–water partition coefficient (Wildman–Crippen LogP) is 2.75.